The molecule has 0 unspecified atom stereocenters. The van der Waals surface area contributed by atoms with Gasteiger partial charge in [-0.05, 0) is 18.6 Å². The Bertz CT molecular complexity index is 725. The number of nitrogens with one attached hydrogen (secondary N) is 1. The lowest BCUT2D eigenvalue weighted by Gasteiger charge is -2.21. The van der Waals surface area contributed by atoms with Gasteiger partial charge in [-0.3, -0.25) is 14.9 Å². The van der Waals surface area contributed by atoms with Crippen LogP contribution in [-0.2, 0) is 11.2 Å². The molecule has 2 aromatic rings. The lowest BCUT2D eigenvalue weighted by Crippen LogP contribution is -2.24. The van der Waals surface area contributed by atoms with Crippen LogP contribution in [0.4, 0.5) is 5.95 Å². The summed E-state index contributed by atoms with van der Waals surface area (Å²) in [7, 11) is 0. The van der Waals surface area contributed by atoms with Crippen molar-refractivity contribution in [1.82, 2.24) is 9.97 Å². The Labute approximate surface area is 134 Å². The summed E-state index contributed by atoms with van der Waals surface area (Å²) in [6.45, 7) is 3.80. The molecule has 1 N–H and O–H groups in total. The molecule has 3 rings (SSSR count). The summed E-state index contributed by atoms with van der Waals surface area (Å²) in [5, 5.41) is 2.71. The van der Waals surface area contributed by atoms with Crippen LogP contribution in [0.5, 0.6) is 0 Å². The van der Waals surface area contributed by atoms with Gasteiger partial charge in [-0.2, -0.15) is 0 Å². The number of rotatable bonds is 4. The molecule has 6 nitrogen and oxygen atoms in total. The fourth-order valence-electron chi connectivity index (χ4n) is 2.65. The maximum Gasteiger partial charge on any atom is 0.229 e. The van der Waals surface area contributed by atoms with E-state index in [0.717, 1.165) is 12.2 Å². The minimum atomic E-state index is -0.114. The standard InChI is InChI=1S/C17H19N3O3/c1-3-10(2)16(22)20-17-18-9-12-13(19-17)7-11(8-14(12)21)15-5-4-6-23-15/h4-6,9-11H,3,7-8H2,1-2H3,(H,18,19,20,22)/t10-,11-/m1/s1. The number of ketones is 1. The van der Waals surface area contributed by atoms with E-state index in [2.05, 4.69) is 15.3 Å². The van der Waals surface area contributed by atoms with Gasteiger partial charge in [0.15, 0.2) is 5.78 Å². The van der Waals surface area contributed by atoms with E-state index in [9.17, 15) is 9.59 Å². The van der Waals surface area contributed by atoms with Crippen LogP contribution in [0.1, 0.15) is 54.4 Å². The second-order valence-electron chi connectivity index (χ2n) is 5.90. The van der Waals surface area contributed by atoms with E-state index in [0.29, 0.717) is 24.1 Å². The number of anilines is 1. The van der Waals surface area contributed by atoms with Gasteiger partial charge in [-0.15, -0.1) is 0 Å². The largest absolute Gasteiger partial charge is 0.469 e. The van der Waals surface area contributed by atoms with Crippen molar-refractivity contribution in [3.8, 4) is 0 Å². The summed E-state index contributed by atoms with van der Waals surface area (Å²) in [5.41, 5.74) is 1.20. The quantitative estimate of drug-likeness (QED) is 0.938. The van der Waals surface area contributed by atoms with Gasteiger partial charge in [0.1, 0.15) is 5.76 Å². The predicted octanol–water partition coefficient (Wildman–Crippen LogP) is 2.97. The van der Waals surface area contributed by atoms with Crippen LogP contribution in [0.15, 0.2) is 29.0 Å². The van der Waals surface area contributed by atoms with Gasteiger partial charge >= 0.3 is 0 Å². The minimum Gasteiger partial charge on any atom is -0.469 e. The molecule has 0 aromatic carbocycles. The van der Waals surface area contributed by atoms with Crippen molar-refractivity contribution in [2.45, 2.75) is 39.0 Å². The highest BCUT2D eigenvalue weighted by molar-refractivity contribution is 5.98. The lowest BCUT2D eigenvalue weighted by atomic mass is 9.85. The molecule has 1 aliphatic rings. The summed E-state index contributed by atoms with van der Waals surface area (Å²) >= 11 is 0. The van der Waals surface area contributed by atoms with Crippen LogP contribution in [0.25, 0.3) is 0 Å². The molecule has 0 fully saturated rings. The molecule has 0 saturated heterocycles. The summed E-state index contributed by atoms with van der Waals surface area (Å²) in [6, 6.07) is 3.68. The second kappa shape index (κ2) is 6.32. The number of amides is 1. The number of hydrogen-bond acceptors (Lipinski definition) is 5. The van der Waals surface area contributed by atoms with Crippen molar-refractivity contribution >= 4 is 17.6 Å². The highest BCUT2D eigenvalue weighted by atomic mass is 16.3. The highest BCUT2D eigenvalue weighted by Gasteiger charge is 2.29. The number of furan rings is 1. The Morgan fingerprint density at radius 2 is 2.30 bits per heavy atom. The average Bonchev–Trinajstić information content (AvgIpc) is 3.08. The zero-order valence-corrected chi connectivity index (χ0v) is 13.2. The lowest BCUT2D eigenvalue weighted by molar-refractivity contribution is -0.119. The van der Waals surface area contributed by atoms with Crippen molar-refractivity contribution in [2.24, 2.45) is 5.92 Å². The third-order valence-corrected chi connectivity index (χ3v) is 4.28. The van der Waals surface area contributed by atoms with Crippen molar-refractivity contribution in [3.05, 3.63) is 41.6 Å². The van der Waals surface area contributed by atoms with Crippen molar-refractivity contribution in [3.63, 3.8) is 0 Å². The Morgan fingerprint density at radius 1 is 1.48 bits per heavy atom. The zero-order valence-electron chi connectivity index (χ0n) is 13.2. The molecule has 0 aliphatic heterocycles. The van der Waals surface area contributed by atoms with Crippen LogP contribution in [0.3, 0.4) is 0 Å². The molecule has 1 amide bonds. The van der Waals surface area contributed by atoms with Crippen LogP contribution in [0, 0.1) is 5.92 Å². The maximum atomic E-state index is 12.3. The van der Waals surface area contributed by atoms with Gasteiger partial charge in [-0.1, -0.05) is 13.8 Å². The molecule has 0 radical (unpaired) electrons. The third-order valence-electron chi connectivity index (χ3n) is 4.28. The van der Waals surface area contributed by atoms with Gasteiger partial charge in [0, 0.05) is 30.9 Å². The summed E-state index contributed by atoms with van der Waals surface area (Å²) in [4.78, 5) is 32.7. The third kappa shape index (κ3) is 3.16. The molecule has 6 heteroatoms. The van der Waals surface area contributed by atoms with Crippen LogP contribution >= 0.6 is 0 Å². The van der Waals surface area contributed by atoms with Crippen LogP contribution in [-0.4, -0.2) is 21.7 Å². The Kier molecular flexibility index (Phi) is 4.23. The molecule has 23 heavy (non-hydrogen) atoms. The molecule has 2 aromatic heterocycles. The van der Waals surface area contributed by atoms with Crippen molar-refractivity contribution < 1.29 is 14.0 Å². The first-order valence-electron chi connectivity index (χ1n) is 7.81. The first kappa shape index (κ1) is 15.4. The van der Waals surface area contributed by atoms with E-state index >= 15 is 0 Å². The summed E-state index contributed by atoms with van der Waals surface area (Å²) in [6.07, 6.45) is 4.85. The number of carbonyl (C=O) groups is 2. The Hall–Kier alpha value is -2.50. The van der Waals surface area contributed by atoms with Gasteiger partial charge in [0.2, 0.25) is 11.9 Å². The normalized spacial score (nSPS) is 18.3. The van der Waals surface area contributed by atoms with E-state index in [1.807, 2.05) is 26.0 Å². The van der Waals surface area contributed by atoms with Crippen molar-refractivity contribution in [1.29, 1.82) is 0 Å². The van der Waals surface area contributed by atoms with Gasteiger partial charge in [-0.25, -0.2) is 9.97 Å². The molecule has 1 aliphatic carbocycles. The number of Topliss-reactive ketones (excluding diaryl/α,β-unsaturated/α-hetero) is 1. The Balaban J connectivity index is 1.83. The fraction of sp³-hybridized carbons (Fsp3) is 0.412. The molecule has 120 valence electrons. The number of aromatic nitrogens is 2. The van der Waals surface area contributed by atoms with E-state index < -0.39 is 0 Å². The maximum absolute atomic E-state index is 12.3. The molecule has 0 saturated carbocycles. The van der Waals surface area contributed by atoms with Gasteiger partial charge in [0.25, 0.3) is 0 Å². The molecule has 0 spiro atoms. The predicted molar refractivity (Wildman–Crippen MR) is 84.2 cm³/mol. The monoisotopic (exact) mass is 313 g/mol. The SMILES string of the molecule is CC[C@@H](C)C(=O)Nc1ncc2c(n1)C[C@@H](c1ccco1)CC2=O. The molecular weight excluding hydrogens is 294 g/mol. The number of hydrogen-bond donors (Lipinski definition) is 1. The van der Waals surface area contributed by atoms with Gasteiger partial charge in [0.05, 0.1) is 17.5 Å². The first-order chi connectivity index (χ1) is 11.1. The molecule has 2 atom stereocenters. The molecular formula is C17H19N3O3. The average molecular weight is 313 g/mol. The topological polar surface area (TPSA) is 85.1 Å². The van der Waals surface area contributed by atoms with E-state index in [1.165, 1.54) is 6.20 Å². The highest BCUT2D eigenvalue weighted by Crippen LogP contribution is 2.32. The van der Waals surface area contributed by atoms with E-state index in [1.54, 1.807) is 6.26 Å². The van der Waals surface area contributed by atoms with E-state index in [-0.39, 0.29) is 29.5 Å². The van der Waals surface area contributed by atoms with Crippen molar-refractivity contribution in [2.75, 3.05) is 5.32 Å². The smallest absolute Gasteiger partial charge is 0.229 e. The molecule has 0 bridgehead atoms. The van der Waals surface area contributed by atoms with E-state index in [4.69, 9.17) is 4.42 Å². The fourth-order valence-corrected chi connectivity index (χ4v) is 2.65. The minimum absolute atomic E-state index is 0.00690. The zero-order chi connectivity index (χ0) is 16.4. The van der Waals surface area contributed by atoms with Crippen LogP contribution < -0.4 is 5.32 Å². The second-order valence-corrected chi connectivity index (χ2v) is 5.90. The number of nitrogens with zero attached hydrogens (tertiary/aromatic N) is 2. The van der Waals surface area contributed by atoms with Crippen LogP contribution in [0.2, 0.25) is 0 Å². The molecule has 2 heterocycles. The Morgan fingerprint density at radius 3 is 3.00 bits per heavy atom. The first-order valence-corrected chi connectivity index (χ1v) is 7.81. The number of fused-ring (bicyclic) bond motifs is 1. The summed E-state index contributed by atoms with van der Waals surface area (Å²) in [5.74, 6) is 0.810. The number of carbonyl (C=O) groups excluding carboxylic acids is 2. The van der Waals surface area contributed by atoms with Gasteiger partial charge < -0.3 is 4.42 Å². The summed E-state index contributed by atoms with van der Waals surface area (Å²) < 4.78 is 5.41.